The van der Waals surface area contributed by atoms with Crippen LogP contribution < -0.4 is 5.32 Å². The predicted molar refractivity (Wildman–Crippen MR) is 103 cm³/mol. The van der Waals surface area contributed by atoms with E-state index >= 15 is 0 Å². The maximum absolute atomic E-state index is 12.6. The average Bonchev–Trinajstić information content (AvgIpc) is 3.05. The number of carbonyl (C=O) groups is 1. The molecule has 0 spiro atoms. The summed E-state index contributed by atoms with van der Waals surface area (Å²) in [6.45, 7) is 6.47. The Morgan fingerprint density at radius 1 is 1.04 bits per heavy atom. The second kappa shape index (κ2) is 7.18. The standard InChI is InChI=1S/C21H23NOS/c1-4-14(2)16-9-11-17(12-10-16)15(3)22-21(23)19-13-24-20-8-6-5-7-18(19)20/h5-15H,4H2,1-3H3,(H,22,23)/t14-,15-/m1/s1. The number of fused-ring (bicyclic) bond motifs is 1. The molecule has 24 heavy (non-hydrogen) atoms. The highest BCUT2D eigenvalue weighted by Crippen LogP contribution is 2.26. The lowest BCUT2D eigenvalue weighted by Gasteiger charge is -2.16. The summed E-state index contributed by atoms with van der Waals surface area (Å²) in [6.07, 6.45) is 1.14. The summed E-state index contributed by atoms with van der Waals surface area (Å²) in [5.41, 5.74) is 3.25. The van der Waals surface area contributed by atoms with Gasteiger partial charge >= 0.3 is 0 Å². The zero-order valence-electron chi connectivity index (χ0n) is 14.4. The largest absolute Gasteiger partial charge is 0.345 e. The Bertz CT molecular complexity index is 834. The summed E-state index contributed by atoms with van der Waals surface area (Å²) in [4.78, 5) is 12.6. The van der Waals surface area contributed by atoms with E-state index in [1.807, 2.05) is 36.6 Å². The maximum atomic E-state index is 12.6. The van der Waals surface area contributed by atoms with Gasteiger partial charge in [0.15, 0.2) is 0 Å². The molecule has 0 radical (unpaired) electrons. The zero-order valence-corrected chi connectivity index (χ0v) is 15.2. The second-order valence-electron chi connectivity index (χ2n) is 6.32. The lowest BCUT2D eigenvalue weighted by atomic mass is 9.96. The van der Waals surface area contributed by atoms with Gasteiger partial charge in [-0.25, -0.2) is 0 Å². The van der Waals surface area contributed by atoms with Crippen molar-refractivity contribution in [1.29, 1.82) is 0 Å². The Morgan fingerprint density at radius 2 is 1.71 bits per heavy atom. The molecule has 0 bridgehead atoms. The molecule has 0 saturated heterocycles. The molecule has 124 valence electrons. The zero-order chi connectivity index (χ0) is 17.1. The van der Waals surface area contributed by atoms with Gasteiger partial charge in [0.2, 0.25) is 0 Å². The summed E-state index contributed by atoms with van der Waals surface area (Å²) in [6, 6.07) is 16.6. The van der Waals surface area contributed by atoms with Gasteiger partial charge in [-0.05, 0) is 36.5 Å². The highest BCUT2D eigenvalue weighted by atomic mass is 32.1. The van der Waals surface area contributed by atoms with Crippen LogP contribution in [-0.2, 0) is 0 Å². The van der Waals surface area contributed by atoms with Crippen LogP contribution in [0.15, 0.2) is 53.9 Å². The molecular formula is C21H23NOS. The molecule has 1 heterocycles. The number of amides is 1. The van der Waals surface area contributed by atoms with Crippen LogP contribution in [0.4, 0.5) is 0 Å². The summed E-state index contributed by atoms with van der Waals surface area (Å²) in [5, 5.41) is 6.09. The minimum Gasteiger partial charge on any atom is -0.345 e. The smallest absolute Gasteiger partial charge is 0.253 e. The molecule has 0 unspecified atom stereocenters. The summed E-state index contributed by atoms with van der Waals surface area (Å²) in [7, 11) is 0. The predicted octanol–water partition coefficient (Wildman–Crippen LogP) is 5.91. The fourth-order valence-corrected chi connectivity index (χ4v) is 3.80. The molecule has 0 fully saturated rings. The van der Waals surface area contributed by atoms with Crippen LogP contribution in [0.2, 0.25) is 0 Å². The molecule has 1 N–H and O–H groups in total. The highest BCUT2D eigenvalue weighted by molar-refractivity contribution is 7.17. The first-order valence-electron chi connectivity index (χ1n) is 8.47. The first-order valence-corrected chi connectivity index (χ1v) is 9.35. The third-order valence-electron chi connectivity index (χ3n) is 4.69. The molecule has 0 aliphatic rings. The van der Waals surface area contributed by atoms with Gasteiger partial charge in [0.05, 0.1) is 11.6 Å². The Labute approximate surface area is 147 Å². The quantitative estimate of drug-likeness (QED) is 0.616. The van der Waals surface area contributed by atoms with Crippen LogP contribution in [0, 0.1) is 0 Å². The molecule has 1 aromatic heterocycles. The molecule has 3 rings (SSSR count). The molecule has 2 nitrogen and oxygen atoms in total. The lowest BCUT2D eigenvalue weighted by Crippen LogP contribution is -2.26. The van der Waals surface area contributed by atoms with Crippen molar-refractivity contribution in [3.63, 3.8) is 0 Å². The molecule has 2 atom stereocenters. The van der Waals surface area contributed by atoms with Crippen molar-refractivity contribution >= 4 is 27.3 Å². The number of nitrogens with one attached hydrogen (secondary N) is 1. The fraction of sp³-hybridized carbons (Fsp3) is 0.286. The van der Waals surface area contributed by atoms with Gasteiger partial charge in [0, 0.05) is 15.5 Å². The molecule has 2 aromatic carbocycles. The van der Waals surface area contributed by atoms with Crippen molar-refractivity contribution < 1.29 is 4.79 Å². The number of carbonyl (C=O) groups excluding carboxylic acids is 1. The van der Waals surface area contributed by atoms with E-state index in [1.54, 1.807) is 11.3 Å². The van der Waals surface area contributed by atoms with Gasteiger partial charge in [0.25, 0.3) is 5.91 Å². The summed E-state index contributed by atoms with van der Waals surface area (Å²) < 4.78 is 1.15. The van der Waals surface area contributed by atoms with Crippen LogP contribution in [0.5, 0.6) is 0 Å². The number of hydrogen-bond donors (Lipinski definition) is 1. The SMILES string of the molecule is CC[C@@H](C)c1ccc([C@@H](C)NC(=O)c2csc3ccccc23)cc1. The highest BCUT2D eigenvalue weighted by Gasteiger charge is 2.15. The van der Waals surface area contributed by atoms with Crippen molar-refractivity contribution in [2.45, 2.75) is 39.2 Å². The molecule has 0 saturated carbocycles. The summed E-state index contributed by atoms with van der Waals surface area (Å²) in [5.74, 6) is 0.562. The van der Waals surface area contributed by atoms with Crippen molar-refractivity contribution in [1.82, 2.24) is 5.32 Å². The van der Waals surface area contributed by atoms with Gasteiger partial charge in [-0.2, -0.15) is 0 Å². The first-order chi connectivity index (χ1) is 11.6. The van der Waals surface area contributed by atoms with Crippen molar-refractivity contribution in [3.8, 4) is 0 Å². The Hall–Kier alpha value is -2.13. The monoisotopic (exact) mass is 337 g/mol. The van der Waals surface area contributed by atoms with Crippen LogP contribution in [-0.4, -0.2) is 5.91 Å². The van der Waals surface area contributed by atoms with Crippen molar-refractivity contribution in [2.75, 3.05) is 0 Å². The van der Waals surface area contributed by atoms with Crippen LogP contribution in [0.25, 0.3) is 10.1 Å². The van der Waals surface area contributed by atoms with Crippen LogP contribution in [0.3, 0.4) is 0 Å². The molecule has 3 heteroatoms. The van der Waals surface area contributed by atoms with E-state index in [9.17, 15) is 4.79 Å². The molecule has 3 aromatic rings. The number of rotatable bonds is 5. The summed E-state index contributed by atoms with van der Waals surface area (Å²) >= 11 is 1.61. The van der Waals surface area contributed by atoms with E-state index in [0.29, 0.717) is 5.92 Å². The normalized spacial score (nSPS) is 13.6. The van der Waals surface area contributed by atoms with Gasteiger partial charge in [-0.1, -0.05) is 56.3 Å². The van der Waals surface area contributed by atoms with E-state index in [1.165, 1.54) is 5.56 Å². The van der Waals surface area contributed by atoms with E-state index in [-0.39, 0.29) is 11.9 Å². The number of benzene rings is 2. The van der Waals surface area contributed by atoms with Gasteiger partial charge in [-0.15, -0.1) is 11.3 Å². The van der Waals surface area contributed by atoms with Crippen LogP contribution in [0.1, 0.15) is 60.6 Å². The van der Waals surface area contributed by atoms with Gasteiger partial charge < -0.3 is 5.32 Å². The van der Waals surface area contributed by atoms with Crippen molar-refractivity contribution in [2.24, 2.45) is 0 Å². The van der Waals surface area contributed by atoms with Crippen LogP contribution >= 0.6 is 11.3 Å². The first kappa shape index (κ1) is 16.7. The molecular weight excluding hydrogens is 314 g/mol. The molecule has 0 aliphatic heterocycles. The Kier molecular flexibility index (Phi) is 5.00. The van der Waals surface area contributed by atoms with E-state index in [2.05, 4.69) is 43.4 Å². The molecule has 1 amide bonds. The molecule has 0 aliphatic carbocycles. The van der Waals surface area contributed by atoms with Crippen molar-refractivity contribution in [3.05, 3.63) is 70.6 Å². The van der Waals surface area contributed by atoms with Gasteiger partial charge in [0.1, 0.15) is 0 Å². The Balaban J connectivity index is 1.74. The van der Waals surface area contributed by atoms with E-state index in [4.69, 9.17) is 0 Å². The minimum absolute atomic E-state index is 0.00838. The maximum Gasteiger partial charge on any atom is 0.253 e. The fourth-order valence-electron chi connectivity index (χ4n) is 2.86. The minimum atomic E-state index is -0.0119. The lowest BCUT2D eigenvalue weighted by molar-refractivity contribution is 0.0942. The average molecular weight is 337 g/mol. The third-order valence-corrected chi connectivity index (χ3v) is 5.65. The van der Waals surface area contributed by atoms with E-state index < -0.39 is 0 Å². The second-order valence-corrected chi connectivity index (χ2v) is 7.23. The topological polar surface area (TPSA) is 29.1 Å². The number of hydrogen-bond acceptors (Lipinski definition) is 2. The van der Waals surface area contributed by atoms with E-state index in [0.717, 1.165) is 27.6 Å². The van der Waals surface area contributed by atoms with Gasteiger partial charge in [-0.3, -0.25) is 4.79 Å². The third kappa shape index (κ3) is 3.36. The Morgan fingerprint density at radius 3 is 2.42 bits per heavy atom. The number of thiophene rings is 1.